The van der Waals surface area contributed by atoms with Gasteiger partial charge in [-0.2, -0.15) is 0 Å². The number of ether oxygens (including phenoxy) is 2. The quantitative estimate of drug-likeness (QED) is 0.274. The van der Waals surface area contributed by atoms with Crippen LogP contribution < -0.4 is 25.0 Å². The first-order valence-corrected chi connectivity index (χ1v) is 11.9. The standard InChI is InChI=1S/C24H41N5O2.HI/c1-5-25-24(26-11-7-19-8-12-28(6-2)13-9-19)27-20-10-14-29(18-20)21-15-22(30-3)17-23(16-21)31-4;/h15-17,19-20H,5-14,18H2,1-4H3,(H2,25,26,27);1H. The Morgan fingerprint density at radius 2 is 1.72 bits per heavy atom. The highest BCUT2D eigenvalue weighted by Gasteiger charge is 2.24. The van der Waals surface area contributed by atoms with Crippen molar-refractivity contribution >= 4 is 35.6 Å². The van der Waals surface area contributed by atoms with Crippen LogP contribution in [0.3, 0.4) is 0 Å². The van der Waals surface area contributed by atoms with E-state index in [2.05, 4.69) is 46.4 Å². The van der Waals surface area contributed by atoms with Crippen molar-refractivity contribution in [2.45, 2.75) is 45.6 Å². The van der Waals surface area contributed by atoms with E-state index >= 15 is 0 Å². The molecule has 0 radical (unpaired) electrons. The molecule has 2 aliphatic rings. The Morgan fingerprint density at radius 3 is 2.31 bits per heavy atom. The number of aliphatic imine (C=N–C) groups is 1. The van der Waals surface area contributed by atoms with Gasteiger partial charge in [0.1, 0.15) is 11.5 Å². The summed E-state index contributed by atoms with van der Waals surface area (Å²) in [5, 5.41) is 7.08. The third-order valence-corrected chi connectivity index (χ3v) is 6.54. The molecule has 7 nitrogen and oxygen atoms in total. The van der Waals surface area contributed by atoms with E-state index in [4.69, 9.17) is 14.5 Å². The van der Waals surface area contributed by atoms with Crippen molar-refractivity contribution in [2.24, 2.45) is 10.9 Å². The third kappa shape index (κ3) is 7.86. The fourth-order valence-electron chi connectivity index (χ4n) is 4.55. The minimum atomic E-state index is 0. The molecule has 2 heterocycles. The van der Waals surface area contributed by atoms with Crippen molar-refractivity contribution in [1.29, 1.82) is 0 Å². The Balaban J connectivity index is 0.00000363. The molecule has 2 saturated heterocycles. The molecule has 182 valence electrons. The van der Waals surface area contributed by atoms with Gasteiger partial charge in [0, 0.05) is 56.1 Å². The van der Waals surface area contributed by atoms with E-state index in [0.29, 0.717) is 6.04 Å². The van der Waals surface area contributed by atoms with Gasteiger partial charge in [-0.15, -0.1) is 24.0 Å². The molecule has 2 aliphatic heterocycles. The van der Waals surface area contributed by atoms with Crippen LogP contribution in [0.2, 0.25) is 0 Å². The molecular formula is C24H42IN5O2. The minimum Gasteiger partial charge on any atom is -0.497 e. The van der Waals surface area contributed by atoms with Crippen LogP contribution in [0.4, 0.5) is 5.69 Å². The number of nitrogens with one attached hydrogen (secondary N) is 2. The molecule has 3 rings (SSSR count). The van der Waals surface area contributed by atoms with Crippen LogP contribution in [0.15, 0.2) is 23.2 Å². The van der Waals surface area contributed by atoms with E-state index < -0.39 is 0 Å². The lowest BCUT2D eigenvalue weighted by Crippen LogP contribution is -2.44. The van der Waals surface area contributed by atoms with Crippen molar-refractivity contribution in [2.75, 3.05) is 64.9 Å². The Morgan fingerprint density at radius 1 is 1.03 bits per heavy atom. The molecule has 0 amide bonds. The van der Waals surface area contributed by atoms with Gasteiger partial charge < -0.3 is 29.9 Å². The second kappa shape index (κ2) is 14.0. The molecule has 0 aliphatic carbocycles. The van der Waals surface area contributed by atoms with Crippen molar-refractivity contribution in [3.8, 4) is 11.5 Å². The first-order valence-electron chi connectivity index (χ1n) is 11.9. The number of anilines is 1. The molecule has 0 saturated carbocycles. The molecule has 0 aromatic heterocycles. The Kier molecular flexibility index (Phi) is 11.7. The second-order valence-electron chi connectivity index (χ2n) is 8.57. The van der Waals surface area contributed by atoms with E-state index in [9.17, 15) is 0 Å². The van der Waals surface area contributed by atoms with Gasteiger partial charge in [-0.25, -0.2) is 0 Å². The molecule has 1 aromatic rings. The number of hydrogen-bond donors (Lipinski definition) is 2. The molecule has 2 N–H and O–H groups in total. The highest BCUT2D eigenvalue weighted by molar-refractivity contribution is 14.0. The van der Waals surface area contributed by atoms with E-state index in [1.807, 2.05) is 6.07 Å². The van der Waals surface area contributed by atoms with E-state index in [1.54, 1.807) is 14.2 Å². The smallest absolute Gasteiger partial charge is 0.191 e. The Bertz CT molecular complexity index is 687. The van der Waals surface area contributed by atoms with Crippen LogP contribution in [-0.4, -0.2) is 76.9 Å². The molecular weight excluding hydrogens is 517 g/mol. The van der Waals surface area contributed by atoms with Crippen molar-refractivity contribution in [1.82, 2.24) is 15.5 Å². The number of halogens is 1. The number of likely N-dealkylation sites (tertiary alicyclic amines) is 1. The highest BCUT2D eigenvalue weighted by atomic mass is 127. The average molecular weight is 560 g/mol. The second-order valence-corrected chi connectivity index (χ2v) is 8.57. The monoisotopic (exact) mass is 559 g/mol. The summed E-state index contributed by atoms with van der Waals surface area (Å²) in [6.07, 6.45) is 4.90. The molecule has 0 spiro atoms. The summed E-state index contributed by atoms with van der Waals surface area (Å²) >= 11 is 0. The SMILES string of the molecule is CCNC(=NCCC1CCN(CC)CC1)NC1CCN(c2cc(OC)cc(OC)c2)C1.I. The van der Waals surface area contributed by atoms with Crippen LogP contribution in [0, 0.1) is 5.92 Å². The number of rotatable bonds is 9. The predicted molar refractivity (Wildman–Crippen MR) is 144 cm³/mol. The summed E-state index contributed by atoms with van der Waals surface area (Å²) in [5.74, 6) is 3.42. The summed E-state index contributed by atoms with van der Waals surface area (Å²) in [6.45, 7) is 11.8. The lowest BCUT2D eigenvalue weighted by Gasteiger charge is -2.30. The summed E-state index contributed by atoms with van der Waals surface area (Å²) in [4.78, 5) is 9.82. The summed E-state index contributed by atoms with van der Waals surface area (Å²) in [5.41, 5.74) is 1.14. The molecule has 0 bridgehead atoms. The third-order valence-electron chi connectivity index (χ3n) is 6.54. The topological polar surface area (TPSA) is 61.4 Å². The molecule has 32 heavy (non-hydrogen) atoms. The Hall–Kier alpha value is -1.42. The van der Waals surface area contributed by atoms with Crippen LogP contribution >= 0.6 is 24.0 Å². The molecule has 2 fully saturated rings. The number of piperidine rings is 1. The fraction of sp³-hybridized carbons (Fsp3) is 0.708. The Labute approximate surface area is 211 Å². The average Bonchev–Trinajstić information content (AvgIpc) is 3.27. The zero-order valence-corrected chi connectivity index (χ0v) is 22.6. The van der Waals surface area contributed by atoms with Gasteiger partial charge in [0.05, 0.1) is 14.2 Å². The van der Waals surface area contributed by atoms with Gasteiger partial charge in [0.2, 0.25) is 0 Å². The molecule has 1 aromatic carbocycles. The van der Waals surface area contributed by atoms with Crippen LogP contribution in [-0.2, 0) is 0 Å². The maximum absolute atomic E-state index is 5.43. The van der Waals surface area contributed by atoms with Gasteiger partial charge in [0.15, 0.2) is 5.96 Å². The lowest BCUT2D eigenvalue weighted by atomic mass is 9.94. The normalized spacial score (nSPS) is 20.1. The summed E-state index contributed by atoms with van der Waals surface area (Å²) in [7, 11) is 3.39. The van der Waals surface area contributed by atoms with Gasteiger partial charge in [-0.05, 0) is 58.2 Å². The van der Waals surface area contributed by atoms with Crippen LogP contribution in [0.25, 0.3) is 0 Å². The van der Waals surface area contributed by atoms with Gasteiger partial charge in [-0.1, -0.05) is 6.92 Å². The minimum absolute atomic E-state index is 0. The first-order chi connectivity index (χ1) is 15.1. The van der Waals surface area contributed by atoms with Crippen molar-refractivity contribution in [3.63, 3.8) is 0 Å². The maximum atomic E-state index is 5.43. The molecule has 1 atom stereocenters. The predicted octanol–water partition coefficient (Wildman–Crippen LogP) is 3.58. The van der Waals surface area contributed by atoms with E-state index in [1.165, 1.54) is 38.9 Å². The molecule has 8 heteroatoms. The first kappa shape index (κ1) is 26.8. The van der Waals surface area contributed by atoms with Crippen LogP contribution in [0.1, 0.15) is 39.5 Å². The zero-order valence-electron chi connectivity index (χ0n) is 20.2. The molecule has 1 unspecified atom stereocenters. The maximum Gasteiger partial charge on any atom is 0.191 e. The highest BCUT2D eigenvalue weighted by Crippen LogP contribution is 2.30. The summed E-state index contributed by atoms with van der Waals surface area (Å²) in [6, 6.07) is 6.45. The number of hydrogen-bond acceptors (Lipinski definition) is 5. The van der Waals surface area contributed by atoms with Gasteiger partial charge >= 0.3 is 0 Å². The number of guanidine groups is 1. The van der Waals surface area contributed by atoms with Gasteiger partial charge in [-0.3, -0.25) is 4.99 Å². The van der Waals surface area contributed by atoms with E-state index in [0.717, 1.165) is 61.7 Å². The van der Waals surface area contributed by atoms with E-state index in [-0.39, 0.29) is 24.0 Å². The zero-order chi connectivity index (χ0) is 22.1. The number of benzene rings is 1. The lowest BCUT2D eigenvalue weighted by molar-refractivity contribution is 0.188. The van der Waals surface area contributed by atoms with Crippen molar-refractivity contribution < 1.29 is 9.47 Å². The summed E-state index contributed by atoms with van der Waals surface area (Å²) < 4.78 is 10.9. The van der Waals surface area contributed by atoms with Crippen molar-refractivity contribution in [3.05, 3.63) is 18.2 Å². The largest absolute Gasteiger partial charge is 0.497 e. The number of methoxy groups -OCH3 is 2. The van der Waals surface area contributed by atoms with Gasteiger partial charge in [0.25, 0.3) is 0 Å². The van der Waals surface area contributed by atoms with Crippen LogP contribution in [0.5, 0.6) is 11.5 Å². The number of nitrogens with zero attached hydrogens (tertiary/aromatic N) is 3. The fourth-order valence-corrected chi connectivity index (χ4v) is 4.55.